The van der Waals surface area contributed by atoms with Crippen molar-refractivity contribution in [1.29, 1.82) is 0 Å². The number of nitrogens with one attached hydrogen (secondary N) is 1. The van der Waals surface area contributed by atoms with Crippen molar-refractivity contribution in [3.8, 4) is 0 Å². The highest BCUT2D eigenvalue weighted by Crippen LogP contribution is 1.97. The first kappa shape index (κ1) is 14.4. The first-order valence-electron chi connectivity index (χ1n) is 5.87. The summed E-state index contributed by atoms with van der Waals surface area (Å²) < 4.78 is 3.12. The lowest BCUT2D eigenvalue weighted by Gasteiger charge is -2.06. The number of carboxylic acid groups (broad SMARTS) is 1. The largest absolute Gasteiger partial charge is 0.480 e. The van der Waals surface area contributed by atoms with Gasteiger partial charge in [0.2, 0.25) is 5.82 Å². The third-order valence-electron chi connectivity index (χ3n) is 2.64. The number of aromatic nitrogens is 6. The Bertz CT molecular complexity index is 787. The number of carbonyl (C=O) groups is 1. The average molecular weight is 295 g/mol. The van der Waals surface area contributed by atoms with Crippen molar-refractivity contribution in [2.45, 2.75) is 13.1 Å². The first-order chi connectivity index (χ1) is 9.88. The van der Waals surface area contributed by atoms with Crippen molar-refractivity contribution in [1.82, 2.24) is 29.3 Å². The summed E-state index contributed by atoms with van der Waals surface area (Å²) in [4.78, 5) is 33.8. The fourth-order valence-corrected chi connectivity index (χ4v) is 1.62. The zero-order valence-electron chi connectivity index (χ0n) is 11.3. The minimum absolute atomic E-state index is 0.00705. The average Bonchev–Trinajstić information content (AvgIpc) is 2.85. The van der Waals surface area contributed by atoms with E-state index in [0.717, 1.165) is 13.9 Å². The van der Waals surface area contributed by atoms with Crippen LogP contribution in [0.4, 0.5) is 5.82 Å². The van der Waals surface area contributed by atoms with Crippen LogP contribution in [0.2, 0.25) is 0 Å². The van der Waals surface area contributed by atoms with Gasteiger partial charge in [0.05, 0.1) is 12.7 Å². The number of hydrogen-bond acceptors (Lipinski definition) is 7. The minimum Gasteiger partial charge on any atom is -0.480 e. The van der Waals surface area contributed by atoms with E-state index in [4.69, 9.17) is 5.11 Å². The summed E-state index contributed by atoms with van der Waals surface area (Å²) in [5.41, 5.74) is -0.650. The molecule has 0 radical (unpaired) electrons. The lowest BCUT2D eigenvalue weighted by atomic mass is 10.4. The number of nitrogens with zero attached hydrogens (tertiary/aromatic N) is 6. The number of rotatable bonds is 5. The van der Waals surface area contributed by atoms with Crippen LogP contribution in [0.15, 0.2) is 15.8 Å². The maximum Gasteiger partial charge on any atom is 0.346 e. The number of carboxylic acids is 1. The van der Waals surface area contributed by atoms with Crippen LogP contribution < -0.4 is 16.6 Å². The van der Waals surface area contributed by atoms with Crippen LogP contribution in [0.5, 0.6) is 0 Å². The molecule has 0 aliphatic rings. The van der Waals surface area contributed by atoms with Gasteiger partial charge in [0.15, 0.2) is 0 Å². The van der Waals surface area contributed by atoms with E-state index in [-0.39, 0.29) is 18.9 Å². The molecule has 2 N–H and O–H groups in total. The summed E-state index contributed by atoms with van der Waals surface area (Å²) in [6, 6.07) is 0. The molecule has 0 aliphatic carbocycles. The molecule has 2 rings (SSSR count). The van der Waals surface area contributed by atoms with Gasteiger partial charge in [0, 0.05) is 14.1 Å². The zero-order valence-corrected chi connectivity index (χ0v) is 11.3. The third-order valence-corrected chi connectivity index (χ3v) is 2.64. The van der Waals surface area contributed by atoms with Gasteiger partial charge < -0.3 is 10.4 Å². The Balaban J connectivity index is 2.14. The highest BCUT2D eigenvalue weighted by Gasteiger charge is 2.09. The Hall–Kier alpha value is -2.98. The molecule has 21 heavy (non-hydrogen) atoms. The Labute approximate surface area is 117 Å². The van der Waals surface area contributed by atoms with Crippen LogP contribution in [0.3, 0.4) is 0 Å². The fourth-order valence-electron chi connectivity index (χ4n) is 1.62. The predicted octanol–water partition coefficient (Wildman–Crippen LogP) is -2.23. The van der Waals surface area contributed by atoms with Crippen LogP contribution in [0, 0.1) is 0 Å². The molecule has 0 amide bonds. The highest BCUT2D eigenvalue weighted by molar-refractivity contribution is 5.66. The van der Waals surface area contributed by atoms with E-state index < -0.39 is 17.2 Å². The topological polar surface area (TPSA) is 137 Å². The number of aryl methyl sites for hydroxylation is 1. The molecule has 0 atom stereocenters. The lowest BCUT2D eigenvalue weighted by Crippen LogP contribution is -2.39. The molecule has 0 saturated heterocycles. The van der Waals surface area contributed by atoms with Crippen LogP contribution in [-0.2, 0) is 32.0 Å². The second-order valence-electron chi connectivity index (χ2n) is 4.27. The molecule has 0 fully saturated rings. The summed E-state index contributed by atoms with van der Waals surface area (Å²) in [6.45, 7) is -0.174. The molecular formula is C10H13N7O4. The van der Waals surface area contributed by atoms with Gasteiger partial charge in [-0.25, -0.2) is 14.2 Å². The van der Waals surface area contributed by atoms with Crippen molar-refractivity contribution in [2.75, 3.05) is 5.32 Å². The molecule has 11 nitrogen and oxygen atoms in total. The van der Waals surface area contributed by atoms with Crippen molar-refractivity contribution in [3.63, 3.8) is 0 Å². The summed E-state index contributed by atoms with van der Waals surface area (Å²) in [6.07, 6.45) is 1.44. The molecule has 11 heteroatoms. The molecule has 0 saturated carbocycles. The lowest BCUT2D eigenvalue weighted by molar-refractivity contribution is -0.137. The van der Waals surface area contributed by atoms with Crippen molar-refractivity contribution in [2.24, 2.45) is 14.1 Å². The number of anilines is 1. The van der Waals surface area contributed by atoms with E-state index >= 15 is 0 Å². The van der Waals surface area contributed by atoms with E-state index in [1.54, 1.807) is 0 Å². The molecule has 112 valence electrons. The molecule has 0 aromatic carbocycles. The van der Waals surface area contributed by atoms with Crippen molar-refractivity contribution < 1.29 is 9.90 Å². The van der Waals surface area contributed by atoms with Gasteiger partial charge in [-0.05, 0) is 0 Å². The zero-order chi connectivity index (χ0) is 15.6. The van der Waals surface area contributed by atoms with Gasteiger partial charge in [-0.2, -0.15) is 0 Å². The molecule has 0 unspecified atom stereocenters. The van der Waals surface area contributed by atoms with E-state index in [9.17, 15) is 14.4 Å². The van der Waals surface area contributed by atoms with Gasteiger partial charge in [-0.3, -0.25) is 14.2 Å². The molecule has 0 aliphatic heterocycles. The standard InChI is InChI=1S/C10H13N7O4/c1-15-9(20)8(13-16(2)10(15)21)11-3-6-4-17(14-12-6)5-7(18)19/h4H,3,5H2,1-2H3,(H,11,13)(H,18,19). The number of hydrogen-bond donors (Lipinski definition) is 2. The van der Waals surface area contributed by atoms with E-state index in [1.165, 1.54) is 20.3 Å². The summed E-state index contributed by atoms with van der Waals surface area (Å²) >= 11 is 0. The van der Waals surface area contributed by atoms with Crippen molar-refractivity contribution in [3.05, 3.63) is 32.7 Å². The number of aliphatic carboxylic acids is 1. The molecule has 0 bridgehead atoms. The highest BCUT2D eigenvalue weighted by atomic mass is 16.4. The Morgan fingerprint density at radius 2 is 2.10 bits per heavy atom. The molecule has 2 aromatic rings. The van der Waals surface area contributed by atoms with E-state index in [2.05, 4.69) is 20.7 Å². The predicted molar refractivity (Wildman–Crippen MR) is 69.7 cm³/mol. The van der Waals surface area contributed by atoms with Crippen LogP contribution in [0.1, 0.15) is 5.69 Å². The fraction of sp³-hybridized carbons (Fsp3) is 0.400. The minimum atomic E-state index is -1.03. The Morgan fingerprint density at radius 3 is 2.76 bits per heavy atom. The van der Waals surface area contributed by atoms with Crippen LogP contribution >= 0.6 is 0 Å². The maximum absolute atomic E-state index is 11.8. The molecular weight excluding hydrogens is 282 g/mol. The van der Waals surface area contributed by atoms with E-state index in [1.807, 2.05) is 0 Å². The van der Waals surface area contributed by atoms with Crippen LogP contribution in [0.25, 0.3) is 0 Å². The van der Waals surface area contributed by atoms with Gasteiger partial charge in [-0.15, -0.1) is 10.2 Å². The van der Waals surface area contributed by atoms with Crippen LogP contribution in [-0.4, -0.2) is 40.4 Å². The summed E-state index contributed by atoms with van der Waals surface area (Å²) in [5, 5.41) is 22.6. The van der Waals surface area contributed by atoms with Gasteiger partial charge in [0.1, 0.15) is 12.2 Å². The Morgan fingerprint density at radius 1 is 1.38 bits per heavy atom. The SMILES string of the molecule is Cn1nc(NCc2cn(CC(=O)O)nn2)c(=O)n(C)c1=O. The molecule has 0 spiro atoms. The van der Waals surface area contributed by atoms with Gasteiger partial charge >= 0.3 is 11.7 Å². The van der Waals surface area contributed by atoms with Gasteiger partial charge in [-0.1, -0.05) is 5.21 Å². The molecule has 2 aromatic heterocycles. The first-order valence-corrected chi connectivity index (χ1v) is 5.87. The summed E-state index contributed by atoms with van der Waals surface area (Å²) in [5.74, 6) is -1.04. The second kappa shape index (κ2) is 5.56. The second-order valence-corrected chi connectivity index (χ2v) is 4.27. The maximum atomic E-state index is 11.8. The smallest absolute Gasteiger partial charge is 0.346 e. The monoisotopic (exact) mass is 295 g/mol. The molecule has 2 heterocycles. The van der Waals surface area contributed by atoms with E-state index in [0.29, 0.717) is 5.69 Å². The van der Waals surface area contributed by atoms with Gasteiger partial charge in [0.25, 0.3) is 5.56 Å². The Kier molecular flexibility index (Phi) is 3.82. The van der Waals surface area contributed by atoms with Crippen molar-refractivity contribution >= 4 is 11.8 Å². The normalized spacial score (nSPS) is 10.6. The quantitative estimate of drug-likeness (QED) is 0.632. The summed E-state index contributed by atoms with van der Waals surface area (Å²) in [7, 11) is 2.77. The third kappa shape index (κ3) is 3.13.